The highest BCUT2D eigenvalue weighted by Gasteiger charge is 2.07. The fraction of sp³-hybridized carbons (Fsp3) is 0.182. The van der Waals surface area contributed by atoms with E-state index in [-0.39, 0.29) is 0 Å². The summed E-state index contributed by atoms with van der Waals surface area (Å²) in [5, 5.41) is 7.60. The maximum absolute atomic E-state index is 10.7. The van der Waals surface area contributed by atoms with E-state index in [1.54, 1.807) is 4.68 Å². The third kappa shape index (κ3) is 1.66. The molecule has 4 heteroatoms. The lowest BCUT2D eigenvalue weighted by molar-refractivity contribution is 0.111. The SMILES string of the molecule is Cc1ccc(-n2nncc2C=O)c(C)c1. The van der Waals surface area contributed by atoms with Gasteiger partial charge < -0.3 is 0 Å². The number of hydrogen-bond donors (Lipinski definition) is 0. The van der Waals surface area contributed by atoms with E-state index in [2.05, 4.69) is 10.3 Å². The third-order valence-electron chi connectivity index (χ3n) is 2.28. The molecule has 2 rings (SSSR count). The van der Waals surface area contributed by atoms with Gasteiger partial charge in [0.05, 0.1) is 11.9 Å². The number of nitrogens with zero attached hydrogens (tertiary/aromatic N) is 3. The summed E-state index contributed by atoms with van der Waals surface area (Å²) in [6.07, 6.45) is 2.20. The highest BCUT2D eigenvalue weighted by Crippen LogP contribution is 2.15. The molecule has 1 aromatic heterocycles. The molecule has 0 amide bonds. The van der Waals surface area contributed by atoms with Gasteiger partial charge in [0.25, 0.3) is 0 Å². The fourth-order valence-electron chi connectivity index (χ4n) is 1.55. The van der Waals surface area contributed by atoms with Crippen LogP contribution in [0.4, 0.5) is 0 Å². The molecule has 4 nitrogen and oxygen atoms in total. The predicted molar refractivity (Wildman–Crippen MR) is 56.2 cm³/mol. The van der Waals surface area contributed by atoms with Crippen molar-refractivity contribution in [3.05, 3.63) is 41.2 Å². The van der Waals surface area contributed by atoms with Crippen molar-refractivity contribution >= 4 is 6.29 Å². The molecule has 0 N–H and O–H groups in total. The number of aryl methyl sites for hydroxylation is 2. The van der Waals surface area contributed by atoms with Crippen molar-refractivity contribution in [3.8, 4) is 5.69 Å². The second-order valence-electron chi connectivity index (χ2n) is 3.48. The molecule has 0 aliphatic heterocycles. The zero-order valence-electron chi connectivity index (χ0n) is 8.64. The van der Waals surface area contributed by atoms with Gasteiger partial charge in [-0.05, 0) is 25.5 Å². The van der Waals surface area contributed by atoms with Crippen LogP contribution in [0.1, 0.15) is 21.6 Å². The molecule has 0 saturated heterocycles. The minimum Gasteiger partial charge on any atom is -0.296 e. The Morgan fingerprint density at radius 1 is 1.33 bits per heavy atom. The van der Waals surface area contributed by atoms with Crippen molar-refractivity contribution in [2.75, 3.05) is 0 Å². The normalized spacial score (nSPS) is 10.3. The van der Waals surface area contributed by atoms with Gasteiger partial charge in [0, 0.05) is 0 Å². The first-order valence-corrected chi connectivity index (χ1v) is 4.66. The maximum Gasteiger partial charge on any atom is 0.170 e. The lowest BCUT2D eigenvalue weighted by atomic mass is 10.1. The van der Waals surface area contributed by atoms with Crippen molar-refractivity contribution in [2.45, 2.75) is 13.8 Å². The van der Waals surface area contributed by atoms with Crippen molar-refractivity contribution in [1.29, 1.82) is 0 Å². The Bertz CT molecular complexity index is 502. The van der Waals surface area contributed by atoms with Gasteiger partial charge in [-0.1, -0.05) is 22.9 Å². The van der Waals surface area contributed by atoms with Crippen molar-refractivity contribution in [1.82, 2.24) is 15.0 Å². The van der Waals surface area contributed by atoms with Crippen LogP contribution in [0, 0.1) is 13.8 Å². The molecule has 15 heavy (non-hydrogen) atoms. The summed E-state index contributed by atoms with van der Waals surface area (Å²) < 4.78 is 1.54. The quantitative estimate of drug-likeness (QED) is 0.695. The number of benzene rings is 1. The number of carbonyl (C=O) groups excluding carboxylic acids is 1. The molecule has 0 unspecified atom stereocenters. The summed E-state index contributed by atoms with van der Waals surface area (Å²) in [5.74, 6) is 0. The number of hydrogen-bond acceptors (Lipinski definition) is 3. The highest BCUT2D eigenvalue weighted by molar-refractivity contribution is 5.72. The minimum absolute atomic E-state index is 0.460. The van der Waals surface area contributed by atoms with E-state index >= 15 is 0 Å². The molecule has 0 aliphatic rings. The molecule has 0 spiro atoms. The van der Waals surface area contributed by atoms with Crippen LogP contribution in [0.2, 0.25) is 0 Å². The van der Waals surface area contributed by atoms with Crippen LogP contribution in [0.3, 0.4) is 0 Å². The summed E-state index contributed by atoms with van der Waals surface area (Å²) in [6, 6.07) is 5.97. The van der Waals surface area contributed by atoms with Gasteiger partial charge in [0.15, 0.2) is 6.29 Å². The fourth-order valence-corrected chi connectivity index (χ4v) is 1.55. The van der Waals surface area contributed by atoms with Crippen molar-refractivity contribution in [3.63, 3.8) is 0 Å². The van der Waals surface area contributed by atoms with Gasteiger partial charge in [0.1, 0.15) is 5.69 Å². The summed E-state index contributed by atoms with van der Waals surface area (Å²) in [4.78, 5) is 10.7. The first-order chi connectivity index (χ1) is 7.22. The molecule has 1 aromatic carbocycles. The van der Waals surface area contributed by atoms with Gasteiger partial charge in [0.2, 0.25) is 0 Å². The molecular weight excluding hydrogens is 190 g/mol. The number of aldehydes is 1. The lowest BCUT2D eigenvalue weighted by Crippen LogP contribution is -2.03. The molecule has 0 fully saturated rings. The maximum atomic E-state index is 10.7. The van der Waals surface area contributed by atoms with Gasteiger partial charge >= 0.3 is 0 Å². The largest absolute Gasteiger partial charge is 0.296 e. The molecule has 0 bridgehead atoms. The third-order valence-corrected chi connectivity index (χ3v) is 2.28. The highest BCUT2D eigenvalue weighted by atomic mass is 16.1. The summed E-state index contributed by atoms with van der Waals surface area (Å²) in [7, 11) is 0. The molecule has 0 aliphatic carbocycles. The zero-order valence-corrected chi connectivity index (χ0v) is 8.64. The molecule has 0 saturated carbocycles. The second-order valence-corrected chi connectivity index (χ2v) is 3.48. The predicted octanol–water partition coefficient (Wildman–Crippen LogP) is 1.70. The molecule has 0 radical (unpaired) electrons. The Kier molecular flexibility index (Phi) is 2.33. The van der Waals surface area contributed by atoms with Crippen LogP contribution < -0.4 is 0 Å². The molecular formula is C11H11N3O. The monoisotopic (exact) mass is 201 g/mol. The number of carbonyl (C=O) groups is 1. The van der Waals surface area contributed by atoms with Crippen LogP contribution >= 0.6 is 0 Å². The lowest BCUT2D eigenvalue weighted by Gasteiger charge is -2.06. The van der Waals surface area contributed by atoms with Gasteiger partial charge in [-0.15, -0.1) is 5.10 Å². The van der Waals surface area contributed by atoms with E-state index in [1.165, 1.54) is 11.8 Å². The molecule has 76 valence electrons. The van der Waals surface area contributed by atoms with E-state index in [9.17, 15) is 4.79 Å². The van der Waals surface area contributed by atoms with E-state index in [4.69, 9.17) is 0 Å². The van der Waals surface area contributed by atoms with E-state index in [0.717, 1.165) is 17.5 Å². The van der Waals surface area contributed by atoms with Crippen molar-refractivity contribution in [2.24, 2.45) is 0 Å². The van der Waals surface area contributed by atoms with E-state index in [0.29, 0.717) is 5.69 Å². The zero-order chi connectivity index (χ0) is 10.8. The summed E-state index contributed by atoms with van der Waals surface area (Å²) >= 11 is 0. The average molecular weight is 201 g/mol. The minimum atomic E-state index is 0.460. The Morgan fingerprint density at radius 2 is 2.13 bits per heavy atom. The van der Waals surface area contributed by atoms with E-state index in [1.807, 2.05) is 32.0 Å². The standard InChI is InChI=1S/C11H11N3O/c1-8-3-4-11(9(2)5-8)14-10(7-15)6-12-13-14/h3-7H,1-2H3. The Morgan fingerprint density at radius 3 is 2.80 bits per heavy atom. The van der Waals surface area contributed by atoms with Crippen LogP contribution in [0.25, 0.3) is 5.69 Å². The van der Waals surface area contributed by atoms with Gasteiger partial charge in [-0.3, -0.25) is 4.79 Å². The molecule has 2 aromatic rings. The van der Waals surface area contributed by atoms with Gasteiger partial charge in [-0.25, -0.2) is 4.68 Å². The Balaban J connectivity index is 2.59. The molecule has 1 heterocycles. The Hall–Kier alpha value is -1.97. The second kappa shape index (κ2) is 3.65. The van der Waals surface area contributed by atoms with Crippen LogP contribution in [0.5, 0.6) is 0 Å². The number of rotatable bonds is 2. The van der Waals surface area contributed by atoms with Gasteiger partial charge in [-0.2, -0.15) is 0 Å². The van der Waals surface area contributed by atoms with Crippen LogP contribution in [-0.4, -0.2) is 21.3 Å². The summed E-state index contributed by atoms with van der Waals surface area (Å²) in [6.45, 7) is 4.01. The smallest absolute Gasteiger partial charge is 0.170 e. The van der Waals surface area contributed by atoms with Crippen molar-refractivity contribution < 1.29 is 4.79 Å². The first kappa shape index (κ1) is 9.58. The first-order valence-electron chi connectivity index (χ1n) is 4.66. The number of aromatic nitrogens is 3. The van der Waals surface area contributed by atoms with Crippen LogP contribution in [0.15, 0.2) is 24.4 Å². The topological polar surface area (TPSA) is 47.8 Å². The van der Waals surface area contributed by atoms with E-state index < -0.39 is 0 Å². The Labute approximate surface area is 87.5 Å². The molecule has 0 atom stereocenters. The van der Waals surface area contributed by atoms with Crippen LogP contribution in [-0.2, 0) is 0 Å². The average Bonchev–Trinajstić information content (AvgIpc) is 2.65. The summed E-state index contributed by atoms with van der Waals surface area (Å²) in [5.41, 5.74) is 3.61.